The topological polar surface area (TPSA) is 291 Å². The molecule has 5 aromatic carbocycles. The van der Waals surface area contributed by atoms with Crippen LogP contribution in [-0.2, 0) is 49.4 Å². The van der Waals surface area contributed by atoms with Crippen molar-refractivity contribution in [3.8, 4) is 56.6 Å². The van der Waals surface area contributed by atoms with Crippen LogP contribution < -0.4 is 29.2 Å². The minimum absolute atomic E-state index is 0. The van der Waals surface area contributed by atoms with E-state index in [4.69, 9.17) is 99.9 Å². The molecular weight excluding hydrogens is 1920 g/mol. The van der Waals surface area contributed by atoms with Crippen molar-refractivity contribution in [1.82, 2.24) is 24.9 Å². The van der Waals surface area contributed by atoms with Crippen LogP contribution in [-0.4, -0.2) is 124 Å². The summed E-state index contributed by atoms with van der Waals surface area (Å²) in [7, 11) is 7.58. The molecule has 37 heteroatoms. The lowest BCUT2D eigenvalue weighted by Gasteiger charge is -2.26. The molecule has 6 aromatic heterocycles. The molecule has 0 saturated heterocycles. The summed E-state index contributed by atoms with van der Waals surface area (Å²) >= 11 is 39.8. The number of nitriles is 2. The normalized spacial score (nSPS) is 11.8. The van der Waals surface area contributed by atoms with Crippen molar-refractivity contribution in [3.63, 3.8) is 0 Å². The van der Waals surface area contributed by atoms with Crippen molar-refractivity contribution in [2.24, 2.45) is 0 Å². The van der Waals surface area contributed by atoms with Gasteiger partial charge in [-0.3, -0.25) is 44.4 Å². The van der Waals surface area contributed by atoms with Gasteiger partial charge in [0, 0.05) is 125 Å². The fraction of sp³-hybridized carbons (Fsp3) is 0.351. The minimum atomic E-state index is -0.805. The second-order valence-corrected chi connectivity index (χ2v) is 38.3. The van der Waals surface area contributed by atoms with E-state index in [0.717, 1.165) is 55.4 Å². The molecule has 0 atom stereocenters. The predicted octanol–water partition coefficient (Wildman–Crippen LogP) is 28.2. The van der Waals surface area contributed by atoms with Crippen molar-refractivity contribution in [1.29, 1.82) is 10.5 Å². The summed E-state index contributed by atoms with van der Waals surface area (Å²) in [6.07, 6.45) is 5.98. The third kappa shape index (κ3) is 23.9. The van der Waals surface area contributed by atoms with Crippen LogP contribution in [0.15, 0.2) is 96.1 Å². The van der Waals surface area contributed by atoms with Crippen LogP contribution in [0.4, 0.5) is 80.0 Å². The van der Waals surface area contributed by atoms with E-state index in [1.807, 2.05) is 12.1 Å². The Hall–Kier alpha value is -11.9. The zero-order chi connectivity index (χ0) is 95.6. The number of rotatable bonds is 5. The molecule has 15 rings (SSSR count). The summed E-state index contributed by atoms with van der Waals surface area (Å²) in [5, 5.41) is 31.5. The quantitative estimate of drug-likeness (QED) is 0.0532. The number of amides is 5. The Labute approximate surface area is 815 Å². The number of pyridine rings is 5. The Balaban J connectivity index is 0.000000255. The SMILES string of the molecule is C.C.C.C.C.CN(C(=O)OC(C)(C)C)c1cc(F)c(Br)c2c1Cc1ncc(Cl)cc1-2.CN(C(=O)OC(C)(C)C)c1cc(F)c(C#N)c2c1Cc1ncc(Cl)cc1-2.CN(C(=O)OC(C)(C)C)c1cc(F)c(C#N)c2c1[nH]c1c2cc(Cl)c[n+]1O.CN(C(=O)OC(C)(C)C)c1cc(F)cc2c1Cc1ncc(Cl)cc1-2.[C-]#[N+]c1c(F)cc(N(C)C(=O)OC(C)(C)C)c2c1-c1c(ncc(Cl)c1Cl)C2. The number of aromatic nitrogens is 6. The number of aromatic amines is 1. The molecule has 0 radical (unpaired) electrons. The van der Waals surface area contributed by atoms with Crippen molar-refractivity contribution < 1.29 is 79.5 Å². The summed E-state index contributed by atoms with van der Waals surface area (Å²) in [5.41, 5.74) is 8.91. The number of ether oxygens (including phenoxy) is 5. The Morgan fingerprint density at radius 2 is 0.799 bits per heavy atom. The first kappa shape index (κ1) is 111. The molecule has 0 unspecified atom stereocenters. The lowest BCUT2D eigenvalue weighted by Crippen LogP contribution is -2.34. The molecular formula is C97H105BrCl6F5N14O11+. The highest BCUT2D eigenvalue weighted by Gasteiger charge is 2.39. The molecule has 5 amide bonds. The van der Waals surface area contributed by atoms with E-state index >= 15 is 0 Å². The Morgan fingerprint density at radius 1 is 0.448 bits per heavy atom. The molecule has 6 heterocycles. The van der Waals surface area contributed by atoms with Gasteiger partial charge >= 0.3 is 36.1 Å². The summed E-state index contributed by atoms with van der Waals surface area (Å²) in [4.78, 5) is 91.8. The summed E-state index contributed by atoms with van der Waals surface area (Å²) < 4.78 is 101. The van der Waals surface area contributed by atoms with E-state index in [9.17, 15) is 61.7 Å². The third-order valence-electron chi connectivity index (χ3n) is 19.8. The maximum absolute atomic E-state index is 14.7. The highest BCUT2D eigenvalue weighted by Crippen LogP contribution is 2.53. The van der Waals surface area contributed by atoms with E-state index < -0.39 is 87.6 Å². The van der Waals surface area contributed by atoms with Gasteiger partial charge in [-0.15, -0.1) is 0 Å². The van der Waals surface area contributed by atoms with Crippen molar-refractivity contribution in [3.05, 3.63) is 223 Å². The zero-order valence-electron chi connectivity index (χ0n) is 73.4. The van der Waals surface area contributed by atoms with Crippen LogP contribution in [0.3, 0.4) is 0 Å². The van der Waals surface area contributed by atoms with Crippen molar-refractivity contribution >= 4 is 172 Å². The van der Waals surface area contributed by atoms with Gasteiger partial charge in [-0.2, -0.15) is 10.5 Å². The molecule has 134 heavy (non-hydrogen) atoms. The first-order chi connectivity index (χ1) is 59.9. The largest absolute Gasteiger partial charge is 0.443 e. The zero-order valence-corrected chi connectivity index (χ0v) is 79.5. The number of halogens is 12. The average molecular weight is 2030 g/mol. The number of nitrogens with zero attached hydrogens (tertiary/aromatic N) is 13. The van der Waals surface area contributed by atoms with Crippen LogP contribution in [0, 0.1) is 58.3 Å². The summed E-state index contributed by atoms with van der Waals surface area (Å²) in [6.45, 7) is 33.7. The summed E-state index contributed by atoms with van der Waals surface area (Å²) in [5.74, 6) is -3.15. The fourth-order valence-electron chi connectivity index (χ4n) is 14.4. The molecule has 11 aromatic rings. The van der Waals surface area contributed by atoms with Crippen LogP contribution >= 0.6 is 85.5 Å². The molecule has 712 valence electrons. The van der Waals surface area contributed by atoms with E-state index in [1.165, 1.54) is 89.7 Å². The Morgan fingerprint density at radius 3 is 1.23 bits per heavy atom. The molecule has 0 aliphatic heterocycles. The molecule has 25 nitrogen and oxygen atoms in total. The highest BCUT2D eigenvalue weighted by molar-refractivity contribution is 9.10. The van der Waals surface area contributed by atoms with Crippen LogP contribution in [0.2, 0.25) is 30.1 Å². The molecule has 0 fully saturated rings. The number of nitrogens with one attached hydrogen (secondary N) is 1. The van der Waals surface area contributed by atoms with Gasteiger partial charge in [0.1, 0.15) is 74.8 Å². The van der Waals surface area contributed by atoms with E-state index in [-0.39, 0.29) is 85.7 Å². The number of carbonyl (C=O) groups is 5. The van der Waals surface area contributed by atoms with Gasteiger partial charge < -0.3 is 28.9 Å². The molecule has 2 N–H and O–H groups in total. The number of H-pyrrole nitrogens is 1. The number of benzene rings is 5. The highest BCUT2D eigenvalue weighted by atomic mass is 79.9. The number of fused-ring (bicyclic) bond motifs is 15. The number of hydrogen-bond acceptors (Lipinski definition) is 17. The number of hydrogen-bond donors (Lipinski definition) is 2. The Bertz CT molecular complexity index is 6630. The van der Waals surface area contributed by atoms with Crippen LogP contribution in [0.25, 0.3) is 71.3 Å². The van der Waals surface area contributed by atoms with Gasteiger partial charge in [0.15, 0.2) is 11.7 Å². The number of anilines is 5. The second-order valence-electron chi connectivity index (χ2n) is 35.0. The standard InChI is InChI=1S/C19H16Cl2FN3O2.C19H17ClFN3O2.C18H17BrClFN2O2.C18H16ClFN4O3.C18H18ClFN2O2.5CH4/c1-19(2,3)27-18(26)25(5)13-7-11(22)17(23-4)14-9(13)6-12-15(14)16(21)10(20)8-24-12;1-19(2,3)26-18(25)24(4)16-7-14(21)13(8-22)17-11-5-10(20)9-23-15(11)6-12(16)17;1-18(2,3)25-17(24)23(4)14-7-12(21)16(19)15-10-5-9(20)8-22-13(10)6-11(14)15;1-18(2,3)27-17(25)23(4)13-6-12(20)11(7-21)14-10-5-9(19)8-24(26)16(10)22-15(13)14;1-18(2,3)24-17(23)22(4)16-7-11(20)6-12-13-5-10(19)9-21-15(13)8-14(12)16;;;;;/h7-8H,6H2,1-3,5H3;5,7,9H,6H2,1-4H3;5,7-8H,6H2,1-4H3;5-6,8,26H,1-4H3;5-7,9H,8H2,1-4H3;5*1H4/p+1. The fourth-order valence-corrected chi connectivity index (χ4v) is 16.1. The van der Waals surface area contributed by atoms with E-state index in [0.29, 0.717) is 135 Å². The first-order valence-electron chi connectivity index (χ1n) is 39.4. The van der Waals surface area contributed by atoms with Crippen molar-refractivity contribution in [2.45, 2.75) is 195 Å². The monoisotopic (exact) mass is 2030 g/mol. The summed E-state index contributed by atoms with van der Waals surface area (Å²) in [6, 6.07) is 18.0. The average Bonchev–Trinajstić information content (AvgIpc) is 1.59. The smallest absolute Gasteiger partial charge is 0.414 e. The van der Waals surface area contributed by atoms with Gasteiger partial charge in [0.05, 0.1) is 109 Å². The molecule has 0 bridgehead atoms. The van der Waals surface area contributed by atoms with Crippen LogP contribution in [0.1, 0.15) is 197 Å². The van der Waals surface area contributed by atoms with Gasteiger partial charge in [-0.25, -0.2) is 55.8 Å². The lowest BCUT2D eigenvalue weighted by atomic mass is 9.98. The van der Waals surface area contributed by atoms with Gasteiger partial charge in [0.2, 0.25) is 5.69 Å². The predicted molar refractivity (Wildman–Crippen MR) is 523 cm³/mol. The maximum Gasteiger partial charge on any atom is 0.414 e. The second kappa shape index (κ2) is 42.4. The third-order valence-corrected chi connectivity index (χ3v) is 22.2. The molecule has 4 aliphatic carbocycles. The van der Waals surface area contributed by atoms with E-state index in [1.54, 1.807) is 149 Å². The van der Waals surface area contributed by atoms with Gasteiger partial charge in [-0.05, 0) is 212 Å². The first-order valence-corrected chi connectivity index (χ1v) is 42.4. The minimum Gasteiger partial charge on any atom is -0.443 e. The molecule has 0 saturated carbocycles. The van der Waals surface area contributed by atoms with E-state index in [2.05, 4.69) is 45.7 Å². The molecule has 4 aliphatic rings. The Kier molecular flexibility index (Phi) is 35.1. The van der Waals surface area contributed by atoms with Crippen molar-refractivity contribution in [2.75, 3.05) is 59.7 Å². The maximum atomic E-state index is 14.7. The van der Waals surface area contributed by atoms with Gasteiger partial charge in [-0.1, -0.05) is 107 Å². The van der Waals surface area contributed by atoms with Gasteiger partial charge in [0.25, 0.3) is 0 Å². The molecule has 0 spiro atoms. The number of carbonyl (C=O) groups excluding carboxylic acids is 5. The lowest BCUT2D eigenvalue weighted by molar-refractivity contribution is -0.885. The van der Waals surface area contributed by atoms with Crippen LogP contribution in [0.5, 0.6) is 0 Å².